The maximum absolute atomic E-state index is 11.8. The highest BCUT2D eigenvalue weighted by Crippen LogP contribution is 2.22. The maximum atomic E-state index is 11.8. The second-order valence-corrected chi connectivity index (χ2v) is 4.69. The van der Waals surface area contributed by atoms with Crippen LogP contribution in [0.3, 0.4) is 0 Å². The van der Waals surface area contributed by atoms with E-state index in [1.807, 2.05) is 25.1 Å². The fraction of sp³-hybridized carbons (Fsp3) is 0.182. The molecule has 0 aliphatic heterocycles. The second-order valence-electron chi connectivity index (χ2n) is 3.50. The number of aromatic nitrogens is 2. The number of amides is 1. The SMILES string of the molecule is C[C@H](NC(=O)c1cnns1)c1ccccc1Cl. The highest BCUT2D eigenvalue weighted by molar-refractivity contribution is 7.07. The second kappa shape index (κ2) is 5.25. The first kappa shape index (κ1) is 12.0. The molecule has 0 aliphatic carbocycles. The number of benzene rings is 1. The predicted molar refractivity (Wildman–Crippen MR) is 67.2 cm³/mol. The minimum absolute atomic E-state index is 0.154. The molecule has 0 saturated carbocycles. The van der Waals surface area contributed by atoms with Crippen LogP contribution in [-0.4, -0.2) is 15.5 Å². The van der Waals surface area contributed by atoms with Crippen LogP contribution in [0.4, 0.5) is 0 Å². The van der Waals surface area contributed by atoms with E-state index in [2.05, 4.69) is 14.9 Å². The van der Waals surface area contributed by atoms with Crippen molar-refractivity contribution in [2.45, 2.75) is 13.0 Å². The van der Waals surface area contributed by atoms with E-state index in [9.17, 15) is 4.79 Å². The molecule has 0 spiro atoms. The van der Waals surface area contributed by atoms with E-state index >= 15 is 0 Å². The Bertz CT molecular complexity index is 515. The third-order valence-corrected chi connectivity index (χ3v) is 3.31. The van der Waals surface area contributed by atoms with Gasteiger partial charge in [-0.1, -0.05) is 34.3 Å². The van der Waals surface area contributed by atoms with Crippen LogP contribution in [0.15, 0.2) is 30.5 Å². The molecule has 1 aromatic carbocycles. The van der Waals surface area contributed by atoms with Gasteiger partial charge < -0.3 is 5.32 Å². The molecule has 0 saturated heterocycles. The van der Waals surface area contributed by atoms with E-state index in [4.69, 9.17) is 11.6 Å². The molecule has 0 unspecified atom stereocenters. The van der Waals surface area contributed by atoms with Gasteiger partial charge in [-0.25, -0.2) is 0 Å². The van der Waals surface area contributed by atoms with Crippen LogP contribution in [0.2, 0.25) is 5.02 Å². The van der Waals surface area contributed by atoms with E-state index in [0.717, 1.165) is 17.1 Å². The summed E-state index contributed by atoms with van der Waals surface area (Å²) in [6.07, 6.45) is 1.44. The Morgan fingerprint density at radius 2 is 2.24 bits per heavy atom. The molecule has 1 heterocycles. The summed E-state index contributed by atoms with van der Waals surface area (Å²) in [5, 5.41) is 7.11. The van der Waals surface area contributed by atoms with Crippen LogP contribution in [0.5, 0.6) is 0 Å². The number of hydrogen-bond acceptors (Lipinski definition) is 4. The van der Waals surface area contributed by atoms with Gasteiger partial charge in [0.15, 0.2) is 0 Å². The zero-order chi connectivity index (χ0) is 12.3. The van der Waals surface area contributed by atoms with Crippen LogP contribution in [0, 0.1) is 0 Å². The summed E-state index contributed by atoms with van der Waals surface area (Å²) in [6.45, 7) is 1.88. The number of nitrogens with zero attached hydrogens (tertiary/aromatic N) is 2. The molecule has 17 heavy (non-hydrogen) atoms. The summed E-state index contributed by atoms with van der Waals surface area (Å²) in [6, 6.07) is 7.27. The lowest BCUT2D eigenvalue weighted by Gasteiger charge is -2.14. The van der Waals surface area contributed by atoms with Crippen molar-refractivity contribution in [1.29, 1.82) is 0 Å². The van der Waals surface area contributed by atoms with Crippen LogP contribution < -0.4 is 5.32 Å². The van der Waals surface area contributed by atoms with Crippen molar-refractivity contribution in [2.75, 3.05) is 0 Å². The quantitative estimate of drug-likeness (QED) is 0.930. The number of carbonyl (C=O) groups excluding carboxylic acids is 1. The smallest absolute Gasteiger partial charge is 0.265 e. The van der Waals surface area contributed by atoms with Crippen molar-refractivity contribution >= 4 is 29.0 Å². The van der Waals surface area contributed by atoms with E-state index in [0.29, 0.717) is 9.90 Å². The van der Waals surface area contributed by atoms with E-state index in [1.54, 1.807) is 6.07 Å². The Labute approximate surface area is 108 Å². The van der Waals surface area contributed by atoms with Gasteiger partial charge in [0, 0.05) is 5.02 Å². The maximum Gasteiger partial charge on any atom is 0.265 e. The third-order valence-electron chi connectivity index (χ3n) is 2.30. The average Bonchev–Trinajstić information content (AvgIpc) is 2.82. The van der Waals surface area contributed by atoms with Gasteiger partial charge in [-0.3, -0.25) is 4.79 Å². The molecule has 0 bridgehead atoms. The average molecular weight is 268 g/mol. The number of nitrogens with one attached hydrogen (secondary N) is 1. The molecule has 0 fully saturated rings. The van der Waals surface area contributed by atoms with Crippen molar-refractivity contribution in [3.63, 3.8) is 0 Å². The third kappa shape index (κ3) is 2.81. The first-order chi connectivity index (χ1) is 8.18. The number of rotatable bonds is 3. The molecular weight excluding hydrogens is 258 g/mol. The predicted octanol–water partition coefficient (Wildman–Crippen LogP) is 2.68. The van der Waals surface area contributed by atoms with Crippen molar-refractivity contribution in [3.05, 3.63) is 45.9 Å². The Kier molecular flexibility index (Phi) is 3.71. The van der Waals surface area contributed by atoms with Gasteiger partial charge >= 0.3 is 0 Å². The van der Waals surface area contributed by atoms with Crippen molar-refractivity contribution in [2.24, 2.45) is 0 Å². The number of carbonyl (C=O) groups is 1. The van der Waals surface area contributed by atoms with Crippen molar-refractivity contribution < 1.29 is 4.79 Å². The molecule has 2 rings (SSSR count). The first-order valence-electron chi connectivity index (χ1n) is 5.01. The Morgan fingerprint density at radius 3 is 2.88 bits per heavy atom. The summed E-state index contributed by atoms with van der Waals surface area (Å²) in [5.41, 5.74) is 0.889. The van der Waals surface area contributed by atoms with Gasteiger partial charge in [-0.2, -0.15) is 0 Å². The number of hydrogen-bond donors (Lipinski definition) is 1. The van der Waals surface area contributed by atoms with E-state index < -0.39 is 0 Å². The van der Waals surface area contributed by atoms with Crippen LogP contribution in [0.25, 0.3) is 0 Å². The molecule has 0 radical (unpaired) electrons. The van der Waals surface area contributed by atoms with Gasteiger partial charge in [0.1, 0.15) is 4.88 Å². The summed E-state index contributed by atoms with van der Waals surface area (Å²) in [4.78, 5) is 12.3. The lowest BCUT2D eigenvalue weighted by molar-refractivity contribution is 0.0944. The number of halogens is 1. The topological polar surface area (TPSA) is 54.9 Å². The van der Waals surface area contributed by atoms with Crippen molar-refractivity contribution in [3.8, 4) is 0 Å². The van der Waals surface area contributed by atoms with Gasteiger partial charge in [0.2, 0.25) is 0 Å². The lowest BCUT2D eigenvalue weighted by atomic mass is 10.1. The normalized spacial score (nSPS) is 12.1. The standard InChI is InChI=1S/C11H10ClN3OS/c1-7(8-4-2-3-5-9(8)12)14-11(16)10-6-13-15-17-10/h2-7H,1H3,(H,14,16)/t7-/m0/s1. The van der Waals surface area contributed by atoms with Crippen molar-refractivity contribution in [1.82, 2.24) is 14.9 Å². The molecule has 0 aliphatic rings. The summed E-state index contributed by atoms with van der Waals surface area (Å²) in [7, 11) is 0. The van der Waals surface area contributed by atoms with Gasteiger partial charge in [0.05, 0.1) is 12.2 Å². The highest BCUT2D eigenvalue weighted by atomic mass is 35.5. The molecule has 1 amide bonds. The van der Waals surface area contributed by atoms with E-state index in [1.165, 1.54) is 6.20 Å². The van der Waals surface area contributed by atoms with Crippen LogP contribution in [-0.2, 0) is 0 Å². The zero-order valence-corrected chi connectivity index (χ0v) is 10.6. The molecule has 2 aromatic rings. The zero-order valence-electron chi connectivity index (χ0n) is 9.05. The van der Waals surface area contributed by atoms with E-state index in [-0.39, 0.29) is 11.9 Å². The Balaban J connectivity index is 2.10. The van der Waals surface area contributed by atoms with Gasteiger partial charge in [-0.05, 0) is 30.1 Å². The van der Waals surface area contributed by atoms with Crippen LogP contribution >= 0.6 is 23.1 Å². The molecule has 88 valence electrons. The fourth-order valence-electron chi connectivity index (χ4n) is 1.44. The van der Waals surface area contributed by atoms with Gasteiger partial charge in [-0.15, -0.1) is 5.10 Å². The van der Waals surface area contributed by atoms with Crippen LogP contribution in [0.1, 0.15) is 28.2 Å². The summed E-state index contributed by atoms with van der Waals surface area (Å²) in [5.74, 6) is -0.188. The fourth-order valence-corrected chi connectivity index (χ4v) is 2.16. The monoisotopic (exact) mass is 267 g/mol. The lowest BCUT2D eigenvalue weighted by Crippen LogP contribution is -2.26. The minimum atomic E-state index is -0.188. The summed E-state index contributed by atoms with van der Waals surface area (Å²) < 4.78 is 3.65. The highest BCUT2D eigenvalue weighted by Gasteiger charge is 2.14. The Morgan fingerprint density at radius 1 is 1.47 bits per heavy atom. The molecule has 1 N–H and O–H groups in total. The largest absolute Gasteiger partial charge is 0.345 e. The minimum Gasteiger partial charge on any atom is -0.345 e. The first-order valence-corrected chi connectivity index (χ1v) is 6.16. The van der Waals surface area contributed by atoms with Gasteiger partial charge in [0.25, 0.3) is 5.91 Å². The Hall–Kier alpha value is -1.46. The molecule has 6 heteroatoms. The molecule has 1 aromatic heterocycles. The molecule has 4 nitrogen and oxygen atoms in total. The molecular formula is C11H10ClN3OS. The summed E-state index contributed by atoms with van der Waals surface area (Å²) >= 11 is 7.12. The molecule has 1 atom stereocenters.